The van der Waals surface area contributed by atoms with E-state index in [9.17, 15) is 0 Å². The lowest BCUT2D eigenvalue weighted by molar-refractivity contribution is -0.512. The number of halogens is 2. The zero-order valence-electron chi connectivity index (χ0n) is 21.4. The van der Waals surface area contributed by atoms with E-state index in [0.717, 1.165) is 49.9 Å². The maximum atomic E-state index is 5.92. The van der Waals surface area contributed by atoms with Gasteiger partial charge in [-0.3, -0.25) is 0 Å². The van der Waals surface area contributed by atoms with Gasteiger partial charge in [-0.15, -0.1) is 11.6 Å². The molecular weight excluding hydrogens is 465 g/mol. The molecule has 0 atom stereocenters. The van der Waals surface area contributed by atoms with Gasteiger partial charge in [-0.25, -0.2) is 0 Å². The Hall–Kier alpha value is -1.19. The van der Waals surface area contributed by atoms with Crippen molar-refractivity contribution in [3.05, 3.63) is 35.9 Å². The first-order valence-electron chi connectivity index (χ1n) is 13.5. The van der Waals surface area contributed by atoms with E-state index >= 15 is 0 Å². The Morgan fingerprint density at radius 2 is 1.38 bits per heavy atom. The van der Waals surface area contributed by atoms with Gasteiger partial charge in [0.05, 0.1) is 18.6 Å². The smallest absolute Gasteiger partial charge is 0.362 e. The van der Waals surface area contributed by atoms with Crippen LogP contribution < -0.4 is 17.1 Å². The maximum Gasteiger partial charge on any atom is 0.362 e. The molecule has 1 aromatic rings. The first kappa shape index (κ1) is 30.8. The molecule has 194 valence electrons. The normalized spacial score (nSPS) is 13.4. The van der Waals surface area contributed by atoms with E-state index in [1.165, 1.54) is 83.5 Å². The summed E-state index contributed by atoms with van der Waals surface area (Å²) >= 11 is 5.85. The number of rotatable bonds is 20. The molecule has 0 N–H and O–H groups in total. The molecule has 0 amide bonds. The van der Waals surface area contributed by atoms with Gasteiger partial charge in [0.1, 0.15) is 5.75 Å². The van der Waals surface area contributed by atoms with E-state index in [0.29, 0.717) is 5.88 Å². The van der Waals surface area contributed by atoms with Crippen LogP contribution >= 0.6 is 11.6 Å². The summed E-state index contributed by atoms with van der Waals surface area (Å²) in [6, 6.07) is 8.30. The van der Waals surface area contributed by atoms with Crippen LogP contribution in [0.15, 0.2) is 30.3 Å². The summed E-state index contributed by atoms with van der Waals surface area (Å²) in [5, 5.41) is 0. The fraction of sp³-hybridized carbons (Fsp3) is 0.690. The van der Waals surface area contributed by atoms with Crippen molar-refractivity contribution in [3.63, 3.8) is 0 Å². The molecule has 0 fully saturated rings. The van der Waals surface area contributed by atoms with E-state index in [-0.39, 0.29) is 12.4 Å². The minimum Gasteiger partial charge on any atom is -1.00 e. The summed E-state index contributed by atoms with van der Waals surface area (Å²) in [4.78, 5) is 0. The van der Waals surface area contributed by atoms with Crippen LogP contribution in [0.4, 0.5) is 0 Å². The lowest BCUT2D eigenvalue weighted by Crippen LogP contribution is -3.00. The molecular formula is C29H47Cl2NO2. The van der Waals surface area contributed by atoms with Crippen LogP contribution in [-0.2, 0) is 4.74 Å². The molecule has 2 rings (SSSR count). The lowest BCUT2D eigenvalue weighted by atomic mass is 10.0. The molecule has 0 bridgehead atoms. The van der Waals surface area contributed by atoms with Crippen molar-refractivity contribution in [3.8, 4) is 5.75 Å². The number of hydrogen-bond acceptors (Lipinski definition) is 2. The van der Waals surface area contributed by atoms with Gasteiger partial charge in [-0.05, 0) is 30.2 Å². The highest BCUT2D eigenvalue weighted by molar-refractivity contribution is 6.18. The van der Waals surface area contributed by atoms with Gasteiger partial charge in [-0.1, -0.05) is 103 Å². The first-order valence-corrected chi connectivity index (χ1v) is 14.1. The summed E-state index contributed by atoms with van der Waals surface area (Å²) in [7, 11) is 0. The average Bonchev–Trinajstić information content (AvgIpc) is 3.28. The Morgan fingerprint density at radius 3 is 1.94 bits per heavy atom. The largest absolute Gasteiger partial charge is 1.00 e. The molecule has 3 nitrogen and oxygen atoms in total. The van der Waals surface area contributed by atoms with E-state index in [1.807, 2.05) is 6.08 Å². The molecule has 0 aliphatic carbocycles. The van der Waals surface area contributed by atoms with Crippen LogP contribution in [0.25, 0.3) is 6.08 Å². The summed E-state index contributed by atoms with van der Waals surface area (Å²) < 4.78 is 13.8. The zero-order chi connectivity index (χ0) is 23.4. The zero-order valence-corrected chi connectivity index (χ0v) is 22.9. The molecule has 0 radical (unpaired) electrons. The Bertz CT molecular complexity index is 673. The van der Waals surface area contributed by atoms with Crippen LogP contribution in [0.1, 0.15) is 102 Å². The van der Waals surface area contributed by atoms with Gasteiger partial charge in [-0.2, -0.15) is 4.58 Å². The predicted molar refractivity (Wildman–Crippen MR) is 143 cm³/mol. The van der Waals surface area contributed by atoms with Crippen LogP contribution in [0.2, 0.25) is 0 Å². The Balaban J connectivity index is 0.00000578. The molecule has 1 aromatic carbocycles. The molecule has 1 heterocycles. The molecule has 0 aromatic heterocycles. The third-order valence-electron chi connectivity index (χ3n) is 6.34. The van der Waals surface area contributed by atoms with Crippen molar-refractivity contribution in [1.82, 2.24) is 0 Å². The summed E-state index contributed by atoms with van der Waals surface area (Å²) in [5.41, 5.74) is 1.15. The minimum absolute atomic E-state index is 0. The molecule has 0 spiro atoms. The fourth-order valence-corrected chi connectivity index (χ4v) is 4.47. The van der Waals surface area contributed by atoms with E-state index in [2.05, 4.69) is 41.8 Å². The maximum absolute atomic E-state index is 5.92. The first-order chi connectivity index (χ1) is 16.3. The fourth-order valence-electron chi connectivity index (χ4n) is 4.27. The molecule has 5 heteroatoms. The number of nitrogens with zero attached hydrogens (tertiary/aromatic N) is 1. The Labute approximate surface area is 220 Å². The van der Waals surface area contributed by atoms with Gasteiger partial charge in [0, 0.05) is 0 Å². The Kier molecular flexibility index (Phi) is 19.2. The molecule has 0 unspecified atom stereocenters. The van der Waals surface area contributed by atoms with Gasteiger partial charge in [0.2, 0.25) is 0 Å². The molecule has 34 heavy (non-hydrogen) atoms. The summed E-state index contributed by atoms with van der Waals surface area (Å²) in [5.74, 6) is 2.48. The monoisotopic (exact) mass is 511 g/mol. The van der Waals surface area contributed by atoms with Crippen LogP contribution in [0.3, 0.4) is 0 Å². The van der Waals surface area contributed by atoms with Gasteiger partial charge in [0.15, 0.2) is 19.7 Å². The summed E-state index contributed by atoms with van der Waals surface area (Å²) in [6.07, 6.45) is 23.5. The van der Waals surface area contributed by atoms with Crippen molar-refractivity contribution < 1.29 is 26.5 Å². The van der Waals surface area contributed by atoms with Crippen LogP contribution in [-0.4, -0.2) is 42.7 Å². The van der Waals surface area contributed by atoms with Crippen molar-refractivity contribution in [2.45, 2.75) is 96.8 Å². The number of ether oxygens (including phenoxy) is 2. The van der Waals surface area contributed by atoms with Crippen molar-refractivity contribution in [2.24, 2.45) is 0 Å². The van der Waals surface area contributed by atoms with Crippen LogP contribution in [0.5, 0.6) is 5.75 Å². The third-order valence-corrected chi connectivity index (χ3v) is 6.51. The average molecular weight is 513 g/mol. The Morgan fingerprint density at radius 1 is 0.824 bits per heavy atom. The van der Waals surface area contributed by atoms with Crippen molar-refractivity contribution in [1.29, 1.82) is 0 Å². The van der Waals surface area contributed by atoms with Gasteiger partial charge in [0.25, 0.3) is 0 Å². The van der Waals surface area contributed by atoms with Crippen molar-refractivity contribution in [2.75, 3.05) is 32.2 Å². The summed E-state index contributed by atoms with van der Waals surface area (Å²) in [6.45, 7) is 5.58. The van der Waals surface area contributed by atoms with Gasteiger partial charge < -0.3 is 21.9 Å². The van der Waals surface area contributed by atoms with Gasteiger partial charge >= 0.3 is 5.90 Å². The highest BCUT2D eigenvalue weighted by atomic mass is 35.5. The highest BCUT2D eigenvalue weighted by Crippen LogP contribution is 2.16. The highest BCUT2D eigenvalue weighted by Gasteiger charge is 2.20. The quantitative estimate of drug-likeness (QED) is 0.135. The number of alkyl halides is 1. The number of hydrogen-bond donors (Lipinski definition) is 0. The van der Waals surface area contributed by atoms with E-state index in [1.54, 1.807) is 0 Å². The molecule has 0 saturated carbocycles. The standard InChI is InChI=1S/C29H47ClNO2.ClH/c1-2-3-4-5-6-7-8-9-10-11-12-13-14-15-25-32-28-19-16-27(17-20-28)18-21-29-31(23-22-30)24-26-33-29;/h16-21H,2-15,22-26H2,1H3;1H/q+1;/p-1/b21-18+;. The number of benzene rings is 1. The number of unbranched alkanes of at least 4 members (excludes halogenated alkanes) is 13. The van der Waals surface area contributed by atoms with Crippen molar-refractivity contribution >= 4 is 23.6 Å². The van der Waals surface area contributed by atoms with Crippen LogP contribution in [0, 0.1) is 0 Å². The van der Waals surface area contributed by atoms with E-state index < -0.39 is 0 Å². The molecule has 0 saturated heterocycles. The second kappa shape index (κ2) is 21.1. The predicted octanol–water partition coefficient (Wildman–Crippen LogP) is 5.24. The lowest BCUT2D eigenvalue weighted by Gasteiger charge is -2.06. The second-order valence-electron chi connectivity index (χ2n) is 9.21. The molecule has 1 aliphatic rings. The SMILES string of the molecule is CCCCCCCCCCCCCCCCOc1ccc(/C=C/C2=[N+](CCCl)CCO2)cc1.[Cl-]. The van der Waals surface area contributed by atoms with E-state index in [4.69, 9.17) is 21.1 Å². The third kappa shape index (κ3) is 14.3. The minimum atomic E-state index is 0. The second-order valence-corrected chi connectivity index (χ2v) is 9.59. The molecule has 1 aliphatic heterocycles. The topological polar surface area (TPSA) is 21.5 Å².